The molecule has 0 aliphatic carbocycles. The van der Waals surface area contributed by atoms with Crippen LogP contribution in [0.5, 0.6) is 0 Å². The van der Waals surface area contributed by atoms with Gasteiger partial charge in [0, 0.05) is 29.7 Å². The summed E-state index contributed by atoms with van der Waals surface area (Å²) in [6.45, 7) is 2.09. The van der Waals surface area contributed by atoms with Gasteiger partial charge in [-0.1, -0.05) is 30.3 Å². The quantitative estimate of drug-likeness (QED) is 0.775. The number of hydrogen-bond acceptors (Lipinski definition) is 3. The molecular weight excluding hydrogens is 305 g/mol. The number of nitrogens with two attached hydrogens (primary N) is 1. The van der Waals surface area contributed by atoms with Crippen LogP contribution >= 0.6 is 0 Å². The van der Waals surface area contributed by atoms with Crippen LogP contribution in [0.3, 0.4) is 0 Å². The molecule has 3 rings (SSSR count). The lowest BCUT2D eigenvalue weighted by molar-refractivity contribution is 0.0952. The van der Waals surface area contributed by atoms with Crippen LogP contribution in [0.25, 0.3) is 10.9 Å². The zero-order valence-corrected chi connectivity index (χ0v) is 13.3. The average molecular weight is 323 g/mol. The summed E-state index contributed by atoms with van der Waals surface area (Å²) < 4.78 is 13.4. The van der Waals surface area contributed by atoms with E-state index in [0.717, 1.165) is 5.56 Å². The molecule has 24 heavy (non-hydrogen) atoms. The number of nitrogens with zero attached hydrogens (tertiary/aromatic N) is 1. The molecular formula is C19H18FN3O. The first-order valence-electron chi connectivity index (χ1n) is 7.70. The first-order valence-corrected chi connectivity index (χ1v) is 7.70. The third-order valence-corrected chi connectivity index (χ3v) is 3.85. The number of carbonyl (C=O) groups excluding carboxylic acids is 1. The standard InChI is InChI=1S/C19H18FN3O/c1-12-9-16(15-8-7-14(20)10-18(15)23-12)19(24)22-11-17(21)13-5-3-2-4-6-13/h2-10,17H,11,21H2,1H3,(H,22,24)/t17-/m1/s1. The highest BCUT2D eigenvalue weighted by Crippen LogP contribution is 2.20. The number of carbonyl (C=O) groups is 1. The lowest BCUT2D eigenvalue weighted by atomic mass is 10.1. The SMILES string of the molecule is Cc1cc(C(=O)NC[C@@H](N)c2ccccc2)c2ccc(F)cc2n1. The summed E-state index contributed by atoms with van der Waals surface area (Å²) in [6, 6.07) is 15.2. The monoisotopic (exact) mass is 323 g/mol. The molecule has 1 amide bonds. The van der Waals surface area contributed by atoms with Gasteiger partial charge in [0.15, 0.2) is 0 Å². The van der Waals surface area contributed by atoms with Crippen molar-refractivity contribution in [2.75, 3.05) is 6.54 Å². The molecule has 0 saturated carbocycles. The molecule has 0 bridgehead atoms. The highest BCUT2D eigenvalue weighted by atomic mass is 19.1. The number of pyridine rings is 1. The van der Waals surface area contributed by atoms with Gasteiger partial charge in [0.2, 0.25) is 0 Å². The summed E-state index contributed by atoms with van der Waals surface area (Å²) in [5.41, 5.74) is 8.65. The number of benzene rings is 2. The van der Waals surface area contributed by atoms with Crippen LogP contribution in [0, 0.1) is 12.7 Å². The van der Waals surface area contributed by atoms with Gasteiger partial charge >= 0.3 is 0 Å². The van der Waals surface area contributed by atoms with Crippen molar-refractivity contribution >= 4 is 16.8 Å². The van der Waals surface area contributed by atoms with Crippen molar-refractivity contribution in [2.24, 2.45) is 5.73 Å². The highest BCUT2D eigenvalue weighted by molar-refractivity contribution is 6.06. The fourth-order valence-corrected chi connectivity index (χ4v) is 2.64. The fraction of sp³-hybridized carbons (Fsp3) is 0.158. The van der Waals surface area contributed by atoms with E-state index in [0.29, 0.717) is 28.7 Å². The Balaban J connectivity index is 1.81. The molecule has 0 saturated heterocycles. The number of aromatic nitrogens is 1. The first kappa shape index (κ1) is 16.1. The molecule has 0 aliphatic heterocycles. The summed E-state index contributed by atoms with van der Waals surface area (Å²) in [5.74, 6) is -0.624. The minimum atomic E-state index is -0.377. The summed E-state index contributed by atoms with van der Waals surface area (Å²) in [7, 11) is 0. The number of aryl methyl sites for hydroxylation is 1. The molecule has 5 heteroatoms. The number of nitrogens with one attached hydrogen (secondary N) is 1. The Labute approximate surface area is 139 Å². The van der Waals surface area contributed by atoms with Gasteiger partial charge in [-0.15, -0.1) is 0 Å². The van der Waals surface area contributed by atoms with E-state index in [1.165, 1.54) is 12.1 Å². The van der Waals surface area contributed by atoms with E-state index in [9.17, 15) is 9.18 Å². The van der Waals surface area contributed by atoms with Crippen LogP contribution in [0.1, 0.15) is 27.7 Å². The zero-order chi connectivity index (χ0) is 17.1. The minimum absolute atomic E-state index is 0.247. The molecule has 0 unspecified atom stereocenters. The molecule has 4 nitrogen and oxygen atoms in total. The van der Waals surface area contributed by atoms with Crippen molar-refractivity contribution in [2.45, 2.75) is 13.0 Å². The lowest BCUT2D eigenvalue weighted by Crippen LogP contribution is -2.32. The van der Waals surface area contributed by atoms with E-state index >= 15 is 0 Å². The Bertz CT molecular complexity index is 875. The van der Waals surface area contributed by atoms with Gasteiger partial charge in [-0.2, -0.15) is 0 Å². The number of halogens is 1. The van der Waals surface area contributed by atoms with E-state index < -0.39 is 0 Å². The minimum Gasteiger partial charge on any atom is -0.350 e. The van der Waals surface area contributed by atoms with Crippen molar-refractivity contribution in [1.29, 1.82) is 0 Å². The van der Waals surface area contributed by atoms with Crippen LogP contribution in [0.4, 0.5) is 4.39 Å². The van der Waals surface area contributed by atoms with Crippen LogP contribution in [0.15, 0.2) is 54.6 Å². The Morgan fingerprint density at radius 3 is 2.71 bits per heavy atom. The number of rotatable bonds is 4. The van der Waals surface area contributed by atoms with E-state index in [1.807, 2.05) is 30.3 Å². The van der Waals surface area contributed by atoms with Crippen LogP contribution < -0.4 is 11.1 Å². The van der Waals surface area contributed by atoms with E-state index in [2.05, 4.69) is 10.3 Å². The van der Waals surface area contributed by atoms with Crippen molar-refractivity contribution < 1.29 is 9.18 Å². The molecule has 0 radical (unpaired) electrons. The molecule has 0 fully saturated rings. The average Bonchev–Trinajstić information content (AvgIpc) is 2.59. The third-order valence-electron chi connectivity index (χ3n) is 3.85. The molecule has 1 aromatic heterocycles. The maximum Gasteiger partial charge on any atom is 0.252 e. The van der Waals surface area contributed by atoms with Crippen LogP contribution in [-0.4, -0.2) is 17.4 Å². The second kappa shape index (κ2) is 6.76. The zero-order valence-electron chi connectivity index (χ0n) is 13.3. The summed E-state index contributed by atoms with van der Waals surface area (Å²) in [4.78, 5) is 16.8. The topological polar surface area (TPSA) is 68.0 Å². The van der Waals surface area contributed by atoms with Gasteiger partial charge in [-0.05, 0) is 30.7 Å². The van der Waals surface area contributed by atoms with Gasteiger partial charge in [0.05, 0.1) is 11.1 Å². The summed E-state index contributed by atoms with van der Waals surface area (Å²) in [5, 5.41) is 3.46. The molecule has 3 N–H and O–H groups in total. The van der Waals surface area contributed by atoms with Crippen molar-refractivity contribution in [3.8, 4) is 0 Å². The van der Waals surface area contributed by atoms with Gasteiger partial charge in [-0.25, -0.2) is 4.39 Å². The van der Waals surface area contributed by atoms with Crippen LogP contribution in [0.2, 0.25) is 0 Å². The second-order valence-corrected chi connectivity index (χ2v) is 5.70. The molecule has 0 spiro atoms. The third kappa shape index (κ3) is 3.41. The normalized spacial score (nSPS) is 12.1. The number of hydrogen-bond donors (Lipinski definition) is 2. The van der Waals surface area contributed by atoms with E-state index in [-0.39, 0.29) is 17.8 Å². The van der Waals surface area contributed by atoms with E-state index in [1.54, 1.807) is 19.1 Å². The Morgan fingerprint density at radius 2 is 1.96 bits per heavy atom. The Kier molecular flexibility index (Phi) is 4.53. The molecule has 2 aromatic carbocycles. The maximum absolute atomic E-state index is 13.4. The van der Waals surface area contributed by atoms with Gasteiger partial charge in [0.25, 0.3) is 5.91 Å². The predicted octanol–water partition coefficient (Wildman–Crippen LogP) is 3.11. The maximum atomic E-state index is 13.4. The van der Waals surface area contributed by atoms with Crippen molar-refractivity contribution in [3.05, 3.63) is 77.2 Å². The smallest absolute Gasteiger partial charge is 0.252 e. The summed E-state index contributed by atoms with van der Waals surface area (Å²) in [6.07, 6.45) is 0. The highest BCUT2D eigenvalue weighted by Gasteiger charge is 2.14. The van der Waals surface area contributed by atoms with Gasteiger partial charge in [-0.3, -0.25) is 9.78 Å². The largest absolute Gasteiger partial charge is 0.350 e. The Hall–Kier alpha value is -2.79. The number of fused-ring (bicyclic) bond motifs is 1. The molecule has 1 heterocycles. The second-order valence-electron chi connectivity index (χ2n) is 5.70. The molecule has 3 aromatic rings. The van der Waals surface area contributed by atoms with E-state index in [4.69, 9.17) is 5.73 Å². The van der Waals surface area contributed by atoms with Gasteiger partial charge in [0.1, 0.15) is 5.82 Å². The van der Waals surface area contributed by atoms with Crippen molar-refractivity contribution in [3.63, 3.8) is 0 Å². The van der Waals surface area contributed by atoms with Crippen molar-refractivity contribution in [1.82, 2.24) is 10.3 Å². The molecule has 1 atom stereocenters. The predicted molar refractivity (Wildman–Crippen MR) is 92.1 cm³/mol. The van der Waals surface area contributed by atoms with Gasteiger partial charge < -0.3 is 11.1 Å². The number of amides is 1. The fourth-order valence-electron chi connectivity index (χ4n) is 2.64. The molecule has 0 aliphatic rings. The lowest BCUT2D eigenvalue weighted by Gasteiger charge is -2.14. The first-order chi connectivity index (χ1) is 11.5. The summed E-state index contributed by atoms with van der Waals surface area (Å²) >= 11 is 0. The molecule has 122 valence electrons. The Morgan fingerprint density at radius 1 is 1.21 bits per heavy atom. The van der Waals surface area contributed by atoms with Crippen LogP contribution in [-0.2, 0) is 0 Å².